The molecule has 0 atom stereocenters. The van der Waals surface area contributed by atoms with E-state index in [1.807, 2.05) is 17.0 Å². The van der Waals surface area contributed by atoms with Gasteiger partial charge in [-0.3, -0.25) is 4.79 Å². The lowest BCUT2D eigenvalue weighted by molar-refractivity contribution is -0.127. The lowest BCUT2D eigenvalue weighted by Crippen LogP contribution is -2.46. The highest BCUT2D eigenvalue weighted by molar-refractivity contribution is 5.87. The maximum absolute atomic E-state index is 12.2. The molecule has 0 unspecified atom stereocenters. The fourth-order valence-corrected chi connectivity index (χ4v) is 3.72. The SMILES string of the molecule is CN1CCN(C(=O)/C=C/Oc2ccc(C(C)(C)CC(C)(C)C)cc2)CC1. The lowest BCUT2D eigenvalue weighted by Gasteiger charge is -2.33. The molecule has 1 heterocycles. The zero-order chi connectivity index (χ0) is 19.4. The van der Waals surface area contributed by atoms with Crippen molar-refractivity contribution in [3.63, 3.8) is 0 Å². The molecule has 1 aliphatic rings. The van der Waals surface area contributed by atoms with Crippen LogP contribution >= 0.6 is 0 Å². The molecule has 26 heavy (non-hydrogen) atoms. The number of rotatable bonds is 5. The van der Waals surface area contributed by atoms with E-state index in [0.717, 1.165) is 38.3 Å². The average molecular weight is 359 g/mol. The summed E-state index contributed by atoms with van der Waals surface area (Å²) < 4.78 is 5.62. The molecule has 0 bridgehead atoms. The highest BCUT2D eigenvalue weighted by Gasteiger charge is 2.27. The zero-order valence-electron chi connectivity index (χ0n) is 17.2. The number of hydrogen-bond donors (Lipinski definition) is 0. The van der Waals surface area contributed by atoms with Crippen LogP contribution < -0.4 is 4.74 Å². The first kappa shape index (κ1) is 20.5. The number of carbonyl (C=O) groups excluding carboxylic acids is 1. The second kappa shape index (κ2) is 8.26. The molecule has 1 aromatic rings. The molecular weight excluding hydrogens is 324 g/mol. The molecule has 0 radical (unpaired) electrons. The van der Waals surface area contributed by atoms with Gasteiger partial charge in [-0.25, -0.2) is 0 Å². The number of nitrogens with zero attached hydrogens (tertiary/aromatic N) is 2. The second-order valence-electron chi connectivity index (χ2n) is 9.19. The Hall–Kier alpha value is -1.81. The van der Waals surface area contributed by atoms with Crippen molar-refractivity contribution in [1.82, 2.24) is 9.80 Å². The van der Waals surface area contributed by atoms with E-state index >= 15 is 0 Å². The Balaban J connectivity index is 1.90. The highest BCUT2D eigenvalue weighted by Crippen LogP contribution is 2.36. The molecule has 1 saturated heterocycles. The number of benzene rings is 1. The molecule has 0 N–H and O–H groups in total. The van der Waals surface area contributed by atoms with Crippen molar-refractivity contribution in [2.24, 2.45) is 5.41 Å². The van der Waals surface area contributed by atoms with Gasteiger partial charge in [0.05, 0.1) is 6.26 Å². The second-order valence-corrected chi connectivity index (χ2v) is 9.19. The van der Waals surface area contributed by atoms with Crippen LogP contribution in [0.1, 0.15) is 46.6 Å². The van der Waals surface area contributed by atoms with Crippen LogP contribution in [0.25, 0.3) is 0 Å². The fourth-order valence-electron chi connectivity index (χ4n) is 3.72. The molecule has 1 aromatic carbocycles. The summed E-state index contributed by atoms with van der Waals surface area (Å²) in [7, 11) is 2.08. The van der Waals surface area contributed by atoms with E-state index < -0.39 is 0 Å². The Morgan fingerprint density at radius 3 is 2.15 bits per heavy atom. The van der Waals surface area contributed by atoms with Crippen molar-refractivity contribution in [2.45, 2.75) is 46.5 Å². The van der Waals surface area contributed by atoms with Gasteiger partial charge in [0.15, 0.2) is 0 Å². The Labute approximate surface area is 158 Å². The van der Waals surface area contributed by atoms with Crippen molar-refractivity contribution >= 4 is 5.91 Å². The van der Waals surface area contributed by atoms with E-state index in [1.54, 1.807) is 0 Å². The van der Waals surface area contributed by atoms with Crippen LogP contribution in [-0.4, -0.2) is 48.9 Å². The smallest absolute Gasteiger partial charge is 0.249 e. The zero-order valence-corrected chi connectivity index (χ0v) is 17.2. The topological polar surface area (TPSA) is 32.8 Å². The molecular formula is C22H34N2O2. The summed E-state index contributed by atoms with van der Waals surface area (Å²) in [6.07, 6.45) is 4.12. The van der Waals surface area contributed by atoms with Crippen LogP contribution in [0.5, 0.6) is 5.75 Å². The first-order valence-corrected chi connectivity index (χ1v) is 9.48. The van der Waals surface area contributed by atoms with Crippen LogP contribution in [0.3, 0.4) is 0 Å². The first-order valence-electron chi connectivity index (χ1n) is 9.48. The van der Waals surface area contributed by atoms with Gasteiger partial charge in [0, 0.05) is 32.3 Å². The van der Waals surface area contributed by atoms with Crippen LogP contribution in [0.4, 0.5) is 0 Å². The van der Waals surface area contributed by atoms with E-state index in [0.29, 0.717) is 0 Å². The molecule has 0 spiro atoms. The number of piperazine rings is 1. The number of carbonyl (C=O) groups is 1. The summed E-state index contributed by atoms with van der Waals surface area (Å²) in [5.41, 5.74) is 1.70. The Morgan fingerprint density at radius 1 is 1.04 bits per heavy atom. The monoisotopic (exact) mass is 358 g/mol. The van der Waals surface area contributed by atoms with Gasteiger partial charge in [-0.2, -0.15) is 0 Å². The van der Waals surface area contributed by atoms with E-state index in [9.17, 15) is 4.79 Å². The van der Waals surface area contributed by atoms with Crippen LogP contribution in [-0.2, 0) is 10.2 Å². The Morgan fingerprint density at radius 2 is 1.62 bits per heavy atom. The molecule has 1 fully saturated rings. The summed E-state index contributed by atoms with van der Waals surface area (Å²) in [4.78, 5) is 16.2. The minimum atomic E-state index is 0.0148. The predicted molar refractivity (Wildman–Crippen MR) is 107 cm³/mol. The number of amides is 1. The van der Waals surface area contributed by atoms with E-state index in [2.05, 4.69) is 58.7 Å². The minimum absolute atomic E-state index is 0.0148. The summed E-state index contributed by atoms with van der Waals surface area (Å²) in [6, 6.07) is 8.20. The summed E-state index contributed by atoms with van der Waals surface area (Å²) in [5.74, 6) is 0.767. The third kappa shape index (κ3) is 6.17. The molecule has 4 nitrogen and oxygen atoms in total. The van der Waals surface area contributed by atoms with E-state index in [4.69, 9.17) is 4.74 Å². The maximum atomic E-state index is 12.2. The van der Waals surface area contributed by atoms with Gasteiger partial charge < -0.3 is 14.5 Å². The normalized spacial score (nSPS) is 16.9. The summed E-state index contributed by atoms with van der Waals surface area (Å²) in [6.45, 7) is 14.8. The van der Waals surface area contributed by atoms with E-state index in [-0.39, 0.29) is 16.7 Å². The van der Waals surface area contributed by atoms with Crippen LogP contribution in [0.15, 0.2) is 36.6 Å². The first-order chi connectivity index (χ1) is 12.1. The van der Waals surface area contributed by atoms with Crippen LogP contribution in [0, 0.1) is 5.41 Å². The standard InChI is InChI=1S/C22H34N2O2/c1-21(2,3)17-22(4,5)18-7-9-19(10-8-18)26-16-11-20(25)24-14-12-23(6)13-15-24/h7-11,16H,12-15,17H2,1-6H3/b16-11+. The van der Waals surface area contributed by atoms with Gasteiger partial charge >= 0.3 is 0 Å². The van der Waals surface area contributed by atoms with Gasteiger partial charge in [-0.15, -0.1) is 0 Å². The van der Waals surface area contributed by atoms with Crippen molar-refractivity contribution in [3.8, 4) is 5.75 Å². The number of ether oxygens (including phenoxy) is 1. The third-order valence-electron chi connectivity index (χ3n) is 4.84. The average Bonchev–Trinajstić information content (AvgIpc) is 2.53. The molecule has 2 rings (SSSR count). The van der Waals surface area contributed by atoms with Crippen molar-refractivity contribution in [1.29, 1.82) is 0 Å². The molecule has 4 heteroatoms. The minimum Gasteiger partial charge on any atom is -0.465 e. The van der Waals surface area contributed by atoms with Gasteiger partial charge in [-0.05, 0) is 42.0 Å². The van der Waals surface area contributed by atoms with Crippen molar-refractivity contribution in [3.05, 3.63) is 42.2 Å². The molecule has 0 saturated carbocycles. The molecule has 1 amide bonds. The molecule has 0 aliphatic carbocycles. The van der Waals surface area contributed by atoms with Gasteiger partial charge in [-0.1, -0.05) is 46.8 Å². The van der Waals surface area contributed by atoms with Crippen LogP contribution in [0.2, 0.25) is 0 Å². The molecule has 0 aromatic heterocycles. The Kier molecular flexibility index (Phi) is 6.51. The number of hydrogen-bond acceptors (Lipinski definition) is 3. The number of likely N-dealkylation sites (N-methyl/N-ethyl adjacent to an activating group) is 1. The summed E-state index contributed by atoms with van der Waals surface area (Å²) >= 11 is 0. The molecule has 144 valence electrons. The molecule has 1 aliphatic heterocycles. The van der Waals surface area contributed by atoms with Gasteiger partial charge in [0.1, 0.15) is 5.75 Å². The van der Waals surface area contributed by atoms with Crippen molar-refractivity contribution < 1.29 is 9.53 Å². The lowest BCUT2D eigenvalue weighted by atomic mass is 9.72. The predicted octanol–water partition coefficient (Wildman–Crippen LogP) is 4.07. The van der Waals surface area contributed by atoms with E-state index in [1.165, 1.54) is 17.9 Å². The highest BCUT2D eigenvalue weighted by atomic mass is 16.5. The Bertz CT molecular complexity index is 619. The maximum Gasteiger partial charge on any atom is 0.249 e. The quantitative estimate of drug-likeness (QED) is 0.588. The van der Waals surface area contributed by atoms with Gasteiger partial charge in [0.2, 0.25) is 5.91 Å². The summed E-state index contributed by atoms with van der Waals surface area (Å²) in [5, 5.41) is 0. The largest absolute Gasteiger partial charge is 0.465 e. The van der Waals surface area contributed by atoms with Crippen molar-refractivity contribution in [2.75, 3.05) is 33.2 Å². The third-order valence-corrected chi connectivity index (χ3v) is 4.84. The fraction of sp³-hybridized carbons (Fsp3) is 0.591. The van der Waals surface area contributed by atoms with Gasteiger partial charge in [0.25, 0.3) is 0 Å².